The number of aliphatic hydroxyl groups excluding tert-OH is 1. The molecule has 1 aliphatic heterocycles. The minimum Gasteiger partial charge on any atom is -0.493 e. The van der Waals surface area contributed by atoms with E-state index < -0.39 is 0 Å². The smallest absolute Gasteiger partial charge is 0.122 e. The molecular formula is C13H18O2S. The van der Waals surface area contributed by atoms with E-state index in [-0.39, 0.29) is 0 Å². The SMILES string of the molecule is OCCCSCC1CCOc2ccccc21. The highest BCUT2D eigenvalue weighted by Gasteiger charge is 2.20. The number of hydrogen-bond acceptors (Lipinski definition) is 3. The average Bonchev–Trinajstić information content (AvgIpc) is 2.35. The fourth-order valence-electron chi connectivity index (χ4n) is 1.98. The summed E-state index contributed by atoms with van der Waals surface area (Å²) >= 11 is 1.93. The molecule has 0 amide bonds. The normalized spacial score (nSPS) is 18.9. The van der Waals surface area contributed by atoms with Gasteiger partial charge in [-0.05, 0) is 36.1 Å². The molecule has 0 bridgehead atoms. The zero-order valence-electron chi connectivity index (χ0n) is 9.39. The molecule has 0 saturated carbocycles. The molecule has 1 N–H and O–H groups in total. The molecule has 1 heterocycles. The number of fused-ring (bicyclic) bond motifs is 1. The van der Waals surface area contributed by atoms with Crippen LogP contribution in [0.4, 0.5) is 0 Å². The molecule has 2 rings (SSSR count). The van der Waals surface area contributed by atoms with E-state index in [0.29, 0.717) is 12.5 Å². The molecule has 1 aromatic rings. The van der Waals surface area contributed by atoms with Crippen LogP contribution in [0.15, 0.2) is 24.3 Å². The molecule has 0 radical (unpaired) electrons. The van der Waals surface area contributed by atoms with Crippen molar-refractivity contribution in [3.8, 4) is 5.75 Å². The summed E-state index contributed by atoms with van der Waals surface area (Å²) in [5.41, 5.74) is 1.35. The summed E-state index contributed by atoms with van der Waals surface area (Å²) in [7, 11) is 0. The maximum atomic E-state index is 8.73. The summed E-state index contributed by atoms with van der Waals surface area (Å²) in [4.78, 5) is 0. The van der Waals surface area contributed by atoms with Gasteiger partial charge in [0.25, 0.3) is 0 Å². The highest BCUT2D eigenvalue weighted by molar-refractivity contribution is 7.99. The summed E-state index contributed by atoms with van der Waals surface area (Å²) in [5, 5.41) is 8.73. The summed E-state index contributed by atoms with van der Waals surface area (Å²) in [6, 6.07) is 8.34. The summed E-state index contributed by atoms with van der Waals surface area (Å²) in [5.74, 6) is 3.87. The van der Waals surface area contributed by atoms with Gasteiger partial charge >= 0.3 is 0 Å². The highest BCUT2D eigenvalue weighted by Crippen LogP contribution is 2.35. The molecule has 3 heteroatoms. The lowest BCUT2D eigenvalue weighted by Gasteiger charge is -2.25. The van der Waals surface area contributed by atoms with Crippen LogP contribution in [0.1, 0.15) is 24.3 Å². The highest BCUT2D eigenvalue weighted by atomic mass is 32.2. The number of ether oxygens (including phenoxy) is 1. The van der Waals surface area contributed by atoms with Crippen molar-refractivity contribution in [2.45, 2.75) is 18.8 Å². The van der Waals surface area contributed by atoms with Gasteiger partial charge in [-0.3, -0.25) is 0 Å². The quantitative estimate of drug-likeness (QED) is 0.800. The fourth-order valence-corrected chi connectivity index (χ4v) is 3.11. The Balaban J connectivity index is 1.91. The van der Waals surface area contributed by atoms with Gasteiger partial charge in [0.1, 0.15) is 5.75 Å². The van der Waals surface area contributed by atoms with Crippen molar-refractivity contribution in [3.63, 3.8) is 0 Å². The first-order valence-corrected chi connectivity index (χ1v) is 6.97. The third-order valence-electron chi connectivity index (χ3n) is 2.85. The van der Waals surface area contributed by atoms with Gasteiger partial charge in [0.05, 0.1) is 6.61 Å². The van der Waals surface area contributed by atoms with Gasteiger partial charge in [-0.2, -0.15) is 11.8 Å². The largest absolute Gasteiger partial charge is 0.493 e. The van der Waals surface area contributed by atoms with E-state index in [4.69, 9.17) is 9.84 Å². The standard InChI is InChI=1S/C13H18O2S/c14-7-3-9-16-10-11-6-8-15-13-5-2-1-4-12(11)13/h1-2,4-5,11,14H,3,6-10H2. The molecule has 88 valence electrons. The van der Waals surface area contributed by atoms with Crippen LogP contribution in [0.25, 0.3) is 0 Å². The average molecular weight is 238 g/mol. The predicted molar refractivity (Wildman–Crippen MR) is 68.3 cm³/mol. The first kappa shape index (κ1) is 11.8. The molecule has 0 fully saturated rings. The van der Waals surface area contributed by atoms with Gasteiger partial charge < -0.3 is 9.84 Å². The molecule has 0 spiro atoms. The van der Waals surface area contributed by atoms with E-state index in [1.807, 2.05) is 17.8 Å². The molecule has 16 heavy (non-hydrogen) atoms. The Morgan fingerprint density at radius 2 is 2.25 bits per heavy atom. The zero-order chi connectivity index (χ0) is 11.2. The van der Waals surface area contributed by atoms with Crippen molar-refractivity contribution >= 4 is 11.8 Å². The van der Waals surface area contributed by atoms with Crippen molar-refractivity contribution < 1.29 is 9.84 Å². The van der Waals surface area contributed by atoms with E-state index in [0.717, 1.165) is 36.7 Å². The molecule has 0 aliphatic carbocycles. The second kappa shape index (κ2) is 6.16. The first-order valence-electron chi connectivity index (χ1n) is 5.82. The van der Waals surface area contributed by atoms with Crippen LogP contribution in [-0.2, 0) is 0 Å². The fraction of sp³-hybridized carbons (Fsp3) is 0.538. The maximum Gasteiger partial charge on any atom is 0.122 e. The number of aliphatic hydroxyl groups is 1. The molecule has 1 aromatic carbocycles. The van der Waals surface area contributed by atoms with Crippen LogP contribution in [0.5, 0.6) is 5.75 Å². The molecule has 1 aliphatic rings. The topological polar surface area (TPSA) is 29.5 Å². The summed E-state index contributed by atoms with van der Waals surface area (Å²) in [6.45, 7) is 1.14. The molecule has 1 unspecified atom stereocenters. The molecule has 2 nitrogen and oxygen atoms in total. The monoisotopic (exact) mass is 238 g/mol. The summed E-state index contributed by atoms with van der Waals surface area (Å²) < 4.78 is 5.63. The minimum absolute atomic E-state index is 0.303. The van der Waals surface area contributed by atoms with Gasteiger partial charge in [-0.25, -0.2) is 0 Å². The van der Waals surface area contributed by atoms with Crippen molar-refractivity contribution in [2.75, 3.05) is 24.7 Å². The van der Waals surface area contributed by atoms with E-state index in [9.17, 15) is 0 Å². The second-order valence-corrected chi connectivity index (χ2v) is 5.17. The molecule has 0 aromatic heterocycles. The number of para-hydroxylation sites is 1. The molecular weight excluding hydrogens is 220 g/mol. The van der Waals surface area contributed by atoms with Crippen molar-refractivity contribution in [1.29, 1.82) is 0 Å². The number of rotatable bonds is 5. The van der Waals surface area contributed by atoms with Gasteiger partial charge in [0, 0.05) is 12.4 Å². The Kier molecular flexibility index (Phi) is 4.55. The van der Waals surface area contributed by atoms with Crippen molar-refractivity contribution in [3.05, 3.63) is 29.8 Å². The van der Waals surface area contributed by atoms with Crippen LogP contribution < -0.4 is 4.74 Å². The van der Waals surface area contributed by atoms with Crippen molar-refractivity contribution in [2.24, 2.45) is 0 Å². The van der Waals surface area contributed by atoms with E-state index in [1.54, 1.807) is 0 Å². The minimum atomic E-state index is 0.303. The lowest BCUT2D eigenvalue weighted by atomic mass is 9.95. The number of thioether (sulfide) groups is 1. The van der Waals surface area contributed by atoms with Crippen LogP contribution in [0, 0.1) is 0 Å². The van der Waals surface area contributed by atoms with Crippen LogP contribution >= 0.6 is 11.8 Å². The van der Waals surface area contributed by atoms with E-state index in [1.165, 1.54) is 5.56 Å². The Hall–Kier alpha value is -0.670. The lowest BCUT2D eigenvalue weighted by molar-refractivity contribution is 0.273. The Morgan fingerprint density at radius 1 is 1.38 bits per heavy atom. The second-order valence-electron chi connectivity index (χ2n) is 4.02. The third-order valence-corrected chi connectivity index (χ3v) is 4.06. The Morgan fingerprint density at radius 3 is 3.12 bits per heavy atom. The first-order chi connectivity index (χ1) is 7.92. The number of hydrogen-bond donors (Lipinski definition) is 1. The van der Waals surface area contributed by atoms with Gasteiger partial charge in [0.2, 0.25) is 0 Å². The molecule has 0 saturated heterocycles. The predicted octanol–water partition coefficient (Wildman–Crippen LogP) is 2.67. The van der Waals surface area contributed by atoms with Crippen LogP contribution in [0.2, 0.25) is 0 Å². The van der Waals surface area contributed by atoms with E-state index >= 15 is 0 Å². The van der Waals surface area contributed by atoms with Crippen molar-refractivity contribution in [1.82, 2.24) is 0 Å². The van der Waals surface area contributed by atoms with Crippen LogP contribution in [0.3, 0.4) is 0 Å². The number of benzene rings is 1. The Bertz CT molecular complexity index is 327. The van der Waals surface area contributed by atoms with E-state index in [2.05, 4.69) is 18.2 Å². The zero-order valence-corrected chi connectivity index (χ0v) is 10.2. The third kappa shape index (κ3) is 2.92. The molecule has 1 atom stereocenters. The van der Waals surface area contributed by atoms with Gasteiger partial charge in [-0.1, -0.05) is 18.2 Å². The summed E-state index contributed by atoms with van der Waals surface area (Å²) in [6.07, 6.45) is 2.01. The van der Waals surface area contributed by atoms with Gasteiger partial charge in [0.15, 0.2) is 0 Å². The lowest BCUT2D eigenvalue weighted by Crippen LogP contribution is -2.15. The van der Waals surface area contributed by atoms with Crippen LogP contribution in [-0.4, -0.2) is 29.8 Å². The maximum absolute atomic E-state index is 8.73. The van der Waals surface area contributed by atoms with Gasteiger partial charge in [-0.15, -0.1) is 0 Å². The Labute approximate surface area is 101 Å².